The number of fused-ring (bicyclic) bond motifs is 2. The van der Waals surface area contributed by atoms with Gasteiger partial charge in [0.1, 0.15) is 5.75 Å². The van der Waals surface area contributed by atoms with Crippen LogP contribution >= 0.6 is 0 Å². The van der Waals surface area contributed by atoms with E-state index in [0.29, 0.717) is 22.2 Å². The molecule has 0 atom stereocenters. The van der Waals surface area contributed by atoms with Gasteiger partial charge in [0.25, 0.3) is 5.56 Å². The monoisotopic (exact) mass is 411 g/mol. The largest absolute Gasteiger partial charge is 0.508 e. The molecule has 0 aliphatic rings. The summed E-state index contributed by atoms with van der Waals surface area (Å²) in [6.45, 7) is 1.88. The quantitative estimate of drug-likeness (QED) is 0.396. The van der Waals surface area contributed by atoms with Gasteiger partial charge in [-0.2, -0.15) is 0 Å². The van der Waals surface area contributed by atoms with E-state index in [1.807, 2.05) is 47.9 Å². The van der Waals surface area contributed by atoms with Crippen molar-refractivity contribution < 1.29 is 9.90 Å². The summed E-state index contributed by atoms with van der Waals surface area (Å²) in [5, 5.41) is 9.95. The average Bonchev–Trinajstić information content (AvgIpc) is 3.05. The Morgan fingerprint density at radius 1 is 0.968 bits per heavy atom. The Bertz CT molecular complexity index is 1600. The van der Waals surface area contributed by atoms with E-state index in [0.717, 1.165) is 22.2 Å². The van der Waals surface area contributed by atoms with Crippen molar-refractivity contribution in [1.82, 2.24) is 14.4 Å². The van der Waals surface area contributed by atoms with Gasteiger partial charge in [0.05, 0.1) is 22.1 Å². The van der Waals surface area contributed by atoms with Gasteiger partial charge in [0.15, 0.2) is 0 Å². The molecule has 7 nitrogen and oxygen atoms in total. The van der Waals surface area contributed by atoms with Crippen molar-refractivity contribution >= 4 is 22.2 Å². The van der Waals surface area contributed by atoms with Crippen molar-refractivity contribution in [3.05, 3.63) is 105 Å². The Morgan fingerprint density at radius 3 is 2.52 bits per heavy atom. The van der Waals surface area contributed by atoms with Gasteiger partial charge in [0.2, 0.25) is 5.78 Å². The van der Waals surface area contributed by atoms with Gasteiger partial charge in [-0.3, -0.25) is 14.6 Å². The summed E-state index contributed by atoms with van der Waals surface area (Å²) in [5.41, 5.74) is 3.46. The second kappa shape index (κ2) is 6.84. The third-order valence-corrected chi connectivity index (χ3v) is 5.46. The number of pyridine rings is 1. The Kier molecular flexibility index (Phi) is 4.11. The first-order chi connectivity index (χ1) is 14.9. The lowest BCUT2D eigenvalue weighted by atomic mass is 9.98. The minimum Gasteiger partial charge on any atom is -0.508 e. The fourth-order valence-electron chi connectivity index (χ4n) is 4.05. The minimum absolute atomic E-state index is 0.168. The summed E-state index contributed by atoms with van der Waals surface area (Å²) < 4.78 is 1.84. The molecule has 0 bridgehead atoms. The lowest BCUT2D eigenvalue weighted by Gasteiger charge is -2.05. The fourth-order valence-corrected chi connectivity index (χ4v) is 4.05. The van der Waals surface area contributed by atoms with Gasteiger partial charge in [0, 0.05) is 17.3 Å². The second-order valence-corrected chi connectivity index (χ2v) is 7.35. The number of phenolic OH excluding ortho intramolecular Hbond substituents is 1. The number of H-pyrrole nitrogens is 2. The number of ketones is 1. The van der Waals surface area contributed by atoms with Gasteiger partial charge < -0.3 is 14.5 Å². The fraction of sp³-hybridized carbons (Fsp3) is 0.0417. The molecule has 0 aliphatic carbocycles. The Balaban J connectivity index is 1.74. The van der Waals surface area contributed by atoms with Crippen LogP contribution in [0.1, 0.15) is 21.6 Å². The molecule has 7 heteroatoms. The highest BCUT2D eigenvalue weighted by Gasteiger charge is 2.22. The number of carbonyl (C=O) groups is 1. The Morgan fingerprint density at radius 2 is 1.74 bits per heavy atom. The zero-order chi connectivity index (χ0) is 21.7. The Labute approximate surface area is 175 Å². The van der Waals surface area contributed by atoms with Crippen LogP contribution < -0.4 is 11.2 Å². The number of aromatic hydroxyl groups is 1. The molecule has 152 valence electrons. The maximum absolute atomic E-state index is 13.6. The first-order valence-corrected chi connectivity index (χ1v) is 9.64. The molecule has 0 amide bonds. The van der Waals surface area contributed by atoms with Crippen LogP contribution in [0.5, 0.6) is 5.75 Å². The standard InChI is InChI=1S/C24H17N3O4/c1-13-20(14-5-8-16(28)9-6-14)19-4-2-3-11-27(19)21(13)22(29)15-7-10-17-18(12-15)25-24(31)26-23(17)30/h2-12,28H,1H3,(H2,25,26,30,31). The molecule has 5 rings (SSSR count). The molecule has 0 saturated carbocycles. The number of phenols is 1. The number of hydrogen-bond donors (Lipinski definition) is 3. The number of benzene rings is 2. The molecule has 0 saturated heterocycles. The van der Waals surface area contributed by atoms with Crippen LogP contribution in [0.25, 0.3) is 27.5 Å². The number of aromatic amines is 2. The maximum atomic E-state index is 13.6. The summed E-state index contributed by atoms with van der Waals surface area (Å²) >= 11 is 0. The molecular weight excluding hydrogens is 394 g/mol. The van der Waals surface area contributed by atoms with Gasteiger partial charge in [-0.1, -0.05) is 24.3 Å². The Hall–Kier alpha value is -4.39. The third kappa shape index (κ3) is 2.95. The highest BCUT2D eigenvalue weighted by molar-refractivity contribution is 6.12. The molecule has 5 aromatic rings. The van der Waals surface area contributed by atoms with Gasteiger partial charge in [-0.05, 0) is 54.4 Å². The van der Waals surface area contributed by atoms with Crippen molar-refractivity contribution in [3.63, 3.8) is 0 Å². The van der Waals surface area contributed by atoms with Crippen LogP contribution in [-0.2, 0) is 0 Å². The zero-order valence-electron chi connectivity index (χ0n) is 16.5. The number of carbonyl (C=O) groups excluding carboxylic acids is 1. The number of nitrogens with zero attached hydrogens (tertiary/aromatic N) is 1. The summed E-state index contributed by atoms with van der Waals surface area (Å²) in [6.07, 6.45) is 1.83. The van der Waals surface area contributed by atoms with Crippen LogP contribution in [0.2, 0.25) is 0 Å². The van der Waals surface area contributed by atoms with Gasteiger partial charge in [-0.15, -0.1) is 0 Å². The SMILES string of the molecule is Cc1c(-c2ccc(O)cc2)c2ccccn2c1C(=O)c1ccc2c(=O)[nH]c(=O)[nH]c2c1. The lowest BCUT2D eigenvalue weighted by Crippen LogP contribution is -2.22. The van der Waals surface area contributed by atoms with E-state index in [2.05, 4.69) is 9.97 Å². The highest BCUT2D eigenvalue weighted by Crippen LogP contribution is 2.34. The topological polar surface area (TPSA) is 107 Å². The molecule has 31 heavy (non-hydrogen) atoms. The van der Waals surface area contributed by atoms with Crippen molar-refractivity contribution in [1.29, 1.82) is 0 Å². The summed E-state index contributed by atoms with van der Waals surface area (Å²) in [7, 11) is 0. The van der Waals surface area contributed by atoms with Crippen molar-refractivity contribution in [3.8, 4) is 16.9 Å². The number of aromatic nitrogens is 3. The molecule has 0 aliphatic heterocycles. The van der Waals surface area contributed by atoms with Crippen LogP contribution in [0.3, 0.4) is 0 Å². The molecule has 0 fully saturated rings. The van der Waals surface area contributed by atoms with Crippen LogP contribution in [0.15, 0.2) is 76.4 Å². The third-order valence-electron chi connectivity index (χ3n) is 5.46. The maximum Gasteiger partial charge on any atom is 0.326 e. The predicted octanol–water partition coefficient (Wildman–Crippen LogP) is 3.38. The summed E-state index contributed by atoms with van der Waals surface area (Å²) in [4.78, 5) is 41.9. The average molecular weight is 411 g/mol. The molecule has 2 aromatic carbocycles. The highest BCUT2D eigenvalue weighted by atomic mass is 16.3. The van der Waals surface area contributed by atoms with E-state index in [9.17, 15) is 19.5 Å². The van der Waals surface area contributed by atoms with Crippen LogP contribution in [0.4, 0.5) is 0 Å². The molecule has 0 spiro atoms. The lowest BCUT2D eigenvalue weighted by molar-refractivity contribution is 0.103. The van der Waals surface area contributed by atoms with Gasteiger partial charge >= 0.3 is 5.69 Å². The molecule has 3 N–H and O–H groups in total. The van der Waals surface area contributed by atoms with Crippen molar-refractivity contribution in [2.24, 2.45) is 0 Å². The van der Waals surface area contributed by atoms with Crippen LogP contribution in [-0.4, -0.2) is 25.3 Å². The van der Waals surface area contributed by atoms with E-state index in [-0.39, 0.29) is 11.5 Å². The number of hydrogen-bond acceptors (Lipinski definition) is 4. The van der Waals surface area contributed by atoms with E-state index >= 15 is 0 Å². The molecular formula is C24H17N3O4. The number of rotatable bonds is 3. The summed E-state index contributed by atoms with van der Waals surface area (Å²) in [5.74, 6) is -0.0619. The number of nitrogens with one attached hydrogen (secondary N) is 2. The van der Waals surface area contributed by atoms with E-state index in [1.165, 1.54) is 12.1 Å². The zero-order valence-corrected chi connectivity index (χ0v) is 16.5. The smallest absolute Gasteiger partial charge is 0.326 e. The van der Waals surface area contributed by atoms with E-state index < -0.39 is 11.2 Å². The molecule has 0 unspecified atom stereocenters. The second-order valence-electron chi connectivity index (χ2n) is 7.35. The normalized spacial score (nSPS) is 11.3. The van der Waals surface area contributed by atoms with Gasteiger partial charge in [-0.25, -0.2) is 4.79 Å². The summed E-state index contributed by atoms with van der Waals surface area (Å²) in [6, 6.07) is 17.2. The van der Waals surface area contributed by atoms with Crippen LogP contribution in [0, 0.1) is 6.92 Å². The van der Waals surface area contributed by atoms with E-state index in [4.69, 9.17) is 0 Å². The van der Waals surface area contributed by atoms with Crippen molar-refractivity contribution in [2.45, 2.75) is 6.92 Å². The first kappa shape index (κ1) is 18.6. The molecule has 3 heterocycles. The molecule has 0 radical (unpaired) electrons. The molecule has 3 aromatic heterocycles. The predicted molar refractivity (Wildman–Crippen MR) is 118 cm³/mol. The van der Waals surface area contributed by atoms with E-state index in [1.54, 1.807) is 18.2 Å². The minimum atomic E-state index is -0.624. The van der Waals surface area contributed by atoms with Crippen molar-refractivity contribution in [2.75, 3.05) is 0 Å². The first-order valence-electron chi connectivity index (χ1n) is 9.64.